The van der Waals surface area contributed by atoms with Crippen LogP contribution in [0.25, 0.3) is 0 Å². The number of rotatable bonds is 25. The average molecular weight is 581 g/mol. The maximum Gasteiger partial charge on any atom is 0.250 e. The molecule has 0 bridgehead atoms. The van der Waals surface area contributed by atoms with Crippen molar-refractivity contribution in [1.29, 1.82) is 0 Å². The number of benzene rings is 1. The summed E-state index contributed by atoms with van der Waals surface area (Å²) < 4.78 is 13.8. The van der Waals surface area contributed by atoms with Crippen molar-refractivity contribution >= 4 is 28.4 Å². The van der Waals surface area contributed by atoms with Crippen LogP contribution in [0.1, 0.15) is 125 Å². The Hall–Kier alpha value is -0.396. The topological polar surface area (TPSA) is 18.5 Å². The molecule has 0 spiro atoms. The average Bonchev–Trinajstić information content (AvgIpc) is 2.96. The van der Waals surface area contributed by atoms with E-state index >= 15 is 0 Å². The Morgan fingerprint density at radius 1 is 0.526 bits per heavy atom. The monoisotopic (exact) mass is 580 g/mol. The van der Waals surface area contributed by atoms with Crippen LogP contribution in [0.3, 0.4) is 0 Å². The van der Waals surface area contributed by atoms with Gasteiger partial charge >= 0.3 is 0 Å². The number of thioether (sulfide) groups is 1. The number of aryl methyl sites for hydroxylation is 1. The maximum absolute atomic E-state index is 6.96. The van der Waals surface area contributed by atoms with Crippen molar-refractivity contribution in [3.05, 3.63) is 23.8 Å². The second-order valence-corrected chi connectivity index (χ2v) is 22.0. The Labute approximate surface area is 245 Å². The van der Waals surface area contributed by atoms with Gasteiger partial charge in [-0.1, -0.05) is 112 Å². The van der Waals surface area contributed by atoms with Gasteiger partial charge in [-0.05, 0) is 84.7 Å². The summed E-state index contributed by atoms with van der Waals surface area (Å²) in [5.74, 6) is 4.66. The van der Waals surface area contributed by atoms with Gasteiger partial charge in [0.2, 0.25) is 0 Å². The molecule has 0 N–H and O–H groups in total. The minimum atomic E-state index is -1.76. The Kier molecular flexibility index (Phi) is 20.0. The molecule has 0 saturated heterocycles. The highest BCUT2D eigenvalue weighted by Gasteiger charge is 2.35. The van der Waals surface area contributed by atoms with Crippen LogP contribution < -0.4 is 8.85 Å². The van der Waals surface area contributed by atoms with Crippen LogP contribution in [-0.2, 0) is 6.42 Å². The van der Waals surface area contributed by atoms with Gasteiger partial charge in [-0.15, -0.1) is 0 Å². The van der Waals surface area contributed by atoms with Crippen molar-refractivity contribution in [2.45, 2.75) is 162 Å². The molecule has 0 unspecified atom stereocenters. The molecule has 222 valence electrons. The fraction of sp³-hybridized carbons (Fsp3) is 0.818. The van der Waals surface area contributed by atoms with Crippen molar-refractivity contribution in [2.24, 2.45) is 0 Å². The first-order valence-electron chi connectivity index (χ1n) is 16.6. The Bertz CT molecular complexity index is 688. The molecule has 0 aromatic heterocycles. The van der Waals surface area contributed by atoms with Crippen LogP contribution in [0, 0.1) is 0 Å². The predicted molar refractivity (Wildman–Crippen MR) is 180 cm³/mol. The van der Waals surface area contributed by atoms with Gasteiger partial charge in [0.15, 0.2) is 0 Å². The summed E-state index contributed by atoms with van der Waals surface area (Å²) >= 11 is 2.15. The van der Waals surface area contributed by atoms with E-state index in [-0.39, 0.29) is 0 Å². The third-order valence-corrected chi connectivity index (χ3v) is 19.1. The van der Waals surface area contributed by atoms with Crippen molar-refractivity contribution < 1.29 is 8.85 Å². The lowest BCUT2D eigenvalue weighted by atomic mass is 10.1. The second-order valence-electron chi connectivity index (χ2n) is 11.4. The predicted octanol–water partition coefficient (Wildman–Crippen LogP) is 12.0. The highest BCUT2D eigenvalue weighted by Crippen LogP contribution is 2.37. The van der Waals surface area contributed by atoms with Gasteiger partial charge in [-0.2, -0.15) is 11.8 Å². The quantitative estimate of drug-likeness (QED) is 0.0846. The van der Waals surface area contributed by atoms with E-state index in [0.29, 0.717) is 0 Å². The molecular formula is C33H64O2SSi2. The van der Waals surface area contributed by atoms with Crippen molar-refractivity contribution in [3.63, 3.8) is 0 Å². The molecule has 0 aliphatic carbocycles. The summed E-state index contributed by atoms with van der Waals surface area (Å²) in [5, 5.41) is 0. The van der Waals surface area contributed by atoms with Gasteiger partial charge in [0, 0.05) is 0 Å². The summed E-state index contributed by atoms with van der Waals surface area (Å²) in [4.78, 5) is 0. The molecule has 38 heavy (non-hydrogen) atoms. The summed E-state index contributed by atoms with van der Waals surface area (Å²) in [6.45, 7) is 16.2. The summed E-state index contributed by atoms with van der Waals surface area (Å²) in [6.07, 6.45) is 16.6. The van der Waals surface area contributed by atoms with Gasteiger partial charge in [0.25, 0.3) is 16.6 Å². The van der Waals surface area contributed by atoms with Gasteiger partial charge in [-0.3, -0.25) is 0 Å². The van der Waals surface area contributed by atoms with E-state index < -0.39 is 16.6 Å². The molecule has 1 rings (SSSR count). The number of unbranched alkanes of at least 4 members (excludes halogenated alkanes) is 9. The fourth-order valence-electron chi connectivity index (χ4n) is 5.44. The van der Waals surface area contributed by atoms with E-state index in [1.807, 2.05) is 0 Å². The first kappa shape index (κ1) is 35.6. The van der Waals surface area contributed by atoms with Crippen LogP contribution in [0.2, 0.25) is 36.3 Å². The molecule has 0 aliphatic heterocycles. The normalized spacial score (nSPS) is 12.2. The van der Waals surface area contributed by atoms with Crippen LogP contribution in [0.5, 0.6) is 11.5 Å². The molecule has 0 atom stereocenters. The lowest BCUT2D eigenvalue weighted by Gasteiger charge is -2.34. The Balaban J connectivity index is 2.55. The zero-order valence-corrected chi connectivity index (χ0v) is 29.4. The lowest BCUT2D eigenvalue weighted by molar-refractivity contribution is 0.467. The van der Waals surface area contributed by atoms with E-state index in [4.69, 9.17) is 8.85 Å². The third kappa shape index (κ3) is 13.3. The van der Waals surface area contributed by atoms with E-state index in [0.717, 1.165) is 54.2 Å². The van der Waals surface area contributed by atoms with Crippen LogP contribution in [0.4, 0.5) is 0 Å². The highest BCUT2D eigenvalue weighted by molar-refractivity contribution is 7.99. The van der Waals surface area contributed by atoms with E-state index in [1.165, 1.54) is 87.7 Å². The standard InChI is InChI=1S/C33H64O2SSi2/c1-8-15-16-17-18-19-20-21-22-23-28-36-29-24-25-31-26-27-32(34-37(9-2,10-3)11-4)33(30-31)35-38(12-5,13-6)14-7/h26-27,30H,8-25,28-29H2,1-7H3. The zero-order chi connectivity index (χ0) is 28.1. The van der Waals surface area contributed by atoms with Crippen LogP contribution in [-0.4, -0.2) is 28.1 Å². The highest BCUT2D eigenvalue weighted by atomic mass is 32.2. The molecule has 1 aromatic carbocycles. The number of hydrogen-bond acceptors (Lipinski definition) is 3. The second kappa shape index (κ2) is 21.4. The molecule has 0 fully saturated rings. The van der Waals surface area contributed by atoms with Gasteiger partial charge in [0.1, 0.15) is 11.5 Å². The summed E-state index contributed by atoms with van der Waals surface area (Å²) in [7, 11) is -3.50. The minimum Gasteiger partial charge on any atom is -0.541 e. The SMILES string of the molecule is CCCCCCCCCCCCSCCCc1ccc(O[Si](CC)(CC)CC)c(O[Si](CC)(CC)CC)c1. The molecule has 0 amide bonds. The molecule has 5 heteroatoms. The van der Waals surface area contributed by atoms with Gasteiger partial charge in [0.05, 0.1) is 0 Å². The van der Waals surface area contributed by atoms with Gasteiger partial charge in [-0.25, -0.2) is 0 Å². The van der Waals surface area contributed by atoms with Crippen LogP contribution >= 0.6 is 11.8 Å². The minimum absolute atomic E-state index is 1.02. The summed E-state index contributed by atoms with van der Waals surface area (Å²) in [5.41, 5.74) is 1.41. The van der Waals surface area contributed by atoms with Crippen molar-refractivity contribution in [3.8, 4) is 11.5 Å². The smallest absolute Gasteiger partial charge is 0.250 e. The van der Waals surface area contributed by atoms with E-state index in [1.54, 1.807) is 0 Å². The van der Waals surface area contributed by atoms with Crippen LogP contribution in [0.15, 0.2) is 18.2 Å². The van der Waals surface area contributed by atoms with Gasteiger partial charge < -0.3 is 8.85 Å². The number of hydrogen-bond donors (Lipinski definition) is 0. The fourth-order valence-corrected chi connectivity index (χ4v) is 11.5. The molecular weight excluding hydrogens is 517 g/mol. The Morgan fingerprint density at radius 3 is 1.47 bits per heavy atom. The van der Waals surface area contributed by atoms with Crippen molar-refractivity contribution in [2.75, 3.05) is 11.5 Å². The third-order valence-electron chi connectivity index (χ3n) is 8.92. The molecule has 0 radical (unpaired) electrons. The lowest BCUT2D eigenvalue weighted by Crippen LogP contribution is -2.41. The largest absolute Gasteiger partial charge is 0.541 e. The molecule has 0 heterocycles. The zero-order valence-electron chi connectivity index (χ0n) is 26.6. The first-order chi connectivity index (χ1) is 18.5. The van der Waals surface area contributed by atoms with E-state index in [2.05, 4.69) is 78.4 Å². The molecule has 2 nitrogen and oxygen atoms in total. The molecule has 1 aromatic rings. The van der Waals surface area contributed by atoms with E-state index in [9.17, 15) is 0 Å². The summed E-state index contributed by atoms with van der Waals surface area (Å²) in [6, 6.07) is 13.9. The molecule has 0 aliphatic rings. The van der Waals surface area contributed by atoms with Crippen molar-refractivity contribution in [1.82, 2.24) is 0 Å². The first-order valence-corrected chi connectivity index (χ1v) is 22.8. The molecule has 0 saturated carbocycles. The maximum atomic E-state index is 6.96. The Morgan fingerprint density at radius 2 is 0.974 bits per heavy atom.